The van der Waals surface area contributed by atoms with Gasteiger partial charge >= 0.3 is 0 Å². The van der Waals surface area contributed by atoms with Gasteiger partial charge in [-0.05, 0) is 37.5 Å². The lowest BCUT2D eigenvalue weighted by Crippen LogP contribution is -2.42. The second-order valence-electron chi connectivity index (χ2n) is 6.44. The molecule has 0 radical (unpaired) electrons. The molecule has 3 rings (SSSR count). The molecule has 2 aliphatic rings. The number of hydrogen-bond acceptors (Lipinski definition) is 4. The van der Waals surface area contributed by atoms with Crippen molar-refractivity contribution in [3.8, 4) is 0 Å². The number of nitrogens with zero attached hydrogens (tertiary/aromatic N) is 1. The first kappa shape index (κ1) is 16.4. The number of methoxy groups -OCH3 is 1. The van der Waals surface area contributed by atoms with Gasteiger partial charge in [0, 0.05) is 26.8 Å². The predicted octanol–water partition coefficient (Wildman–Crippen LogP) is 1.95. The molecule has 5 nitrogen and oxygen atoms in total. The van der Waals surface area contributed by atoms with Crippen molar-refractivity contribution in [1.82, 2.24) is 4.90 Å². The molecule has 2 heterocycles. The minimum Gasteiger partial charge on any atom is -0.377 e. The van der Waals surface area contributed by atoms with E-state index in [1.54, 1.807) is 19.2 Å². The van der Waals surface area contributed by atoms with Crippen molar-refractivity contribution in [3.05, 3.63) is 29.6 Å². The summed E-state index contributed by atoms with van der Waals surface area (Å²) in [4.78, 5) is 14.2. The van der Waals surface area contributed by atoms with Crippen LogP contribution < -0.4 is 5.32 Å². The number of hydrogen-bond donors (Lipinski definition) is 1. The van der Waals surface area contributed by atoms with E-state index in [4.69, 9.17) is 9.47 Å². The highest BCUT2D eigenvalue weighted by atomic mass is 19.1. The molecular formula is C17H23FN2O3. The summed E-state index contributed by atoms with van der Waals surface area (Å²) in [6, 6.07) is 4.68. The van der Waals surface area contributed by atoms with E-state index in [-0.39, 0.29) is 29.8 Å². The summed E-state index contributed by atoms with van der Waals surface area (Å²) in [5, 5.41) is 2.65. The molecule has 0 aliphatic carbocycles. The number of anilines is 1. The topological polar surface area (TPSA) is 50.8 Å². The minimum atomic E-state index is -0.421. The highest BCUT2D eigenvalue weighted by molar-refractivity contribution is 5.92. The predicted molar refractivity (Wildman–Crippen MR) is 84.9 cm³/mol. The lowest BCUT2D eigenvalue weighted by molar-refractivity contribution is -0.117. The van der Waals surface area contributed by atoms with Crippen LogP contribution in [0.2, 0.25) is 0 Å². The maximum absolute atomic E-state index is 13.7. The highest BCUT2D eigenvalue weighted by Crippen LogP contribution is 2.36. The third kappa shape index (κ3) is 3.39. The standard InChI is InChI=1S/C17H23FN2O3/c1-12-4-5-13(18)14(8-12)19-16(21)10-20-9-15(22-2)17(11-20)6-3-7-23-17/h4-5,8,15H,3,6-7,9-11H2,1-2H3,(H,19,21)/t15-,17-/m1/s1. The lowest BCUT2D eigenvalue weighted by atomic mass is 9.97. The summed E-state index contributed by atoms with van der Waals surface area (Å²) in [6.45, 7) is 4.14. The summed E-state index contributed by atoms with van der Waals surface area (Å²) in [5.74, 6) is -0.643. The van der Waals surface area contributed by atoms with Crippen molar-refractivity contribution in [1.29, 1.82) is 0 Å². The van der Waals surface area contributed by atoms with Crippen molar-refractivity contribution in [2.75, 3.05) is 38.7 Å². The Morgan fingerprint density at radius 2 is 2.39 bits per heavy atom. The quantitative estimate of drug-likeness (QED) is 0.921. The first-order valence-electron chi connectivity index (χ1n) is 7.97. The van der Waals surface area contributed by atoms with E-state index < -0.39 is 5.82 Å². The van der Waals surface area contributed by atoms with Gasteiger partial charge in [0.2, 0.25) is 5.91 Å². The van der Waals surface area contributed by atoms with Crippen LogP contribution >= 0.6 is 0 Å². The molecule has 2 fully saturated rings. The van der Waals surface area contributed by atoms with Gasteiger partial charge in [-0.15, -0.1) is 0 Å². The van der Waals surface area contributed by atoms with Crippen LogP contribution in [0.5, 0.6) is 0 Å². The number of likely N-dealkylation sites (tertiary alicyclic amines) is 1. The molecule has 1 N–H and O–H groups in total. The van der Waals surface area contributed by atoms with Gasteiger partial charge in [-0.1, -0.05) is 6.07 Å². The summed E-state index contributed by atoms with van der Waals surface area (Å²) in [6.07, 6.45) is 1.96. The van der Waals surface area contributed by atoms with Crippen LogP contribution in [-0.4, -0.2) is 55.9 Å². The van der Waals surface area contributed by atoms with Crippen molar-refractivity contribution in [2.24, 2.45) is 0 Å². The third-order valence-electron chi connectivity index (χ3n) is 4.68. The van der Waals surface area contributed by atoms with Gasteiger partial charge in [0.1, 0.15) is 11.4 Å². The smallest absolute Gasteiger partial charge is 0.238 e. The van der Waals surface area contributed by atoms with Crippen LogP contribution in [0, 0.1) is 12.7 Å². The zero-order valence-corrected chi connectivity index (χ0v) is 13.6. The number of halogens is 1. The molecule has 2 aliphatic heterocycles. The first-order valence-corrected chi connectivity index (χ1v) is 7.97. The Kier molecular flexibility index (Phi) is 4.66. The average Bonchev–Trinajstić information content (AvgIpc) is 3.10. The average molecular weight is 322 g/mol. The summed E-state index contributed by atoms with van der Waals surface area (Å²) in [7, 11) is 1.68. The van der Waals surface area contributed by atoms with Gasteiger partial charge in [-0.25, -0.2) is 4.39 Å². The summed E-state index contributed by atoms with van der Waals surface area (Å²) in [5.41, 5.74) is 0.841. The lowest BCUT2D eigenvalue weighted by Gasteiger charge is -2.28. The molecule has 0 aromatic heterocycles. The fraction of sp³-hybridized carbons (Fsp3) is 0.588. The Balaban J connectivity index is 1.61. The number of amides is 1. The molecule has 0 saturated carbocycles. The number of ether oxygens (including phenoxy) is 2. The Hall–Kier alpha value is -1.50. The van der Waals surface area contributed by atoms with Crippen LogP contribution in [0.1, 0.15) is 18.4 Å². The molecule has 0 unspecified atom stereocenters. The first-order chi connectivity index (χ1) is 11.0. The monoisotopic (exact) mass is 322 g/mol. The number of benzene rings is 1. The van der Waals surface area contributed by atoms with Crippen molar-refractivity contribution < 1.29 is 18.7 Å². The van der Waals surface area contributed by atoms with E-state index in [0.29, 0.717) is 13.1 Å². The number of rotatable bonds is 4. The molecule has 1 aromatic rings. The zero-order chi connectivity index (χ0) is 16.4. The van der Waals surface area contributed by atoms with Crippen molar-refractivity contribution in [3.63, 3.8) is 0 Å². The molecule has 126 valence electrons. The number of carbonyl (C=O) groups is 1. The Labute approximate surface area is 135 Å². The number of carbonyl (C=O) groups excluding carboxylic acids is 1. The molecule has 1 spiro atoms. The minimum absolute atomic E-state index is 0.0199. The molecule has 1 aromatic carbocycles. The van der Waals surface area contributed by atoms with E-state index in [0.717, 1.165) is 25.0 Å². The fourth-order valence-electron chi connectivity index (χ4n) is 3.58. The highest BCUT2D eigenvalue weighted by Gasteiger charge is 2.50. The molecule has 0 bridgehead atoms. The van der Waals surface area contributed by atoms with Crippen LogP contribution in [0.4, 0.5) is 10.1 Å². The van der Waals surface area contributed by atoms with Crippen LogP contribution in [0.25, 0.3) is 0 Å². The van der Waals surface area contributed by atoms with Gasteiger partial charge in [-0.2, -0.15) is 0 Å². The largest absolute Gasteiger partial charge is 0.377 e. The molecule has 1 amide bonds. The van der Waals surface area contributed by atoms with Crippen LogP contribution in [0.15, 0.2) is 18.2 Å². The van der Waals surface area contributed by atoms with E-state index in [1.165, 1.54) is 6.07 Å². The third-order valence-corrected chi connectivity index (χ3v) is 4.68. The fourth-order valence-corrected chi connectivity index (χ4v) is 3.58. The van der Waals surface area contributed by atoms with Gasteiger partial charge in [0.15, 0.2) is 0 Å². The van der Waals surface area contributed by atoms with E-state index in [9.17, 15) is 9.18 Å². The SMILES string of the molecule is CO[C@@H]1CN(CC(=O)Nc2cc(C)ccc2F)C[C@]12CCCO2. The number of nitrogens with one attached hydrogen (secondary N) is 1. The van der Waals surface area contributed by atoms with Gasteiger partial charge < -0.3 is 14.8 Å². The molecule has 23 heavy (non-hydrogen) atoms. The Morgan fingerprint density at radius 1 is 1.57 bits per heavy atom. The normalized spacial score (nSPS) is 27.7. The summed E-state index contributed by atoms with van der Waals surface area (Å²) >= 11 is 0. The second kappa shape index (κ2) is 6.55. The van der Waals surface area contributed by atoms with Gasteiger partial charge in [0.25, 0.3) is 0 Å². The van der Waals surface area contributed by atoms with Crippen molar-refractivity contribution >= 4 is 11.6 Å². The molecule has 2 saturated heterocycles. The summed E-state index contributed by atoms with van der Waals surface area (Å²) < 4.78 is 25.2. The van der Waals surface area contributed by atoms with Gasteiger partial charge in [-0.3, -0.25) is 9.69 Å². The maximum atomic E-state index is 13.7. The maximum Gasteiger partial charge on any atom is 0.238 e. The Bertz CT molecular complexity index is 587. The van der Waals surface area contributed by atoms with Crippen molar-refractivity contribution in [2.45, 2.75) is 31.5 Å². The molecule has 6 heteroatoms. The second-order valence-corrected chi connectivity index (χ2v) is 6.44. The van der Waals surface area contributed by atoms with Crippen LogP contribution in [0.3, 0.4) is 0 Å². The molecule has 2 atom stereocenters. The van der Waals surface area contributed by atoms with E-state index >= 15 is 0 Å². The van der Waals surface area contributed by atoms with Crippen LogP contribution in [-0.2, 0) is 14.3 Å². The van der Waals surface area contributed by atoms with E-state index in [2.05, 4.69) is 5.32 Å². The van der Waals surface area contributed by atoms with Gasteiger partial charge in [0.05, 0.1) is 18.3 Å². The Morgan fingerprint density at radius 3 is 3.09 bits per heavy atom. The zero-order valence-electron chi connectivity index (χ0n) is 13.6. The molecular weight excluding hydrogens is 299 g/mol. The van der Waals surface area contributed by atoms with E-state index in [1.807, 2.05) is 11.8 Å². The number of aryl methyl sites for hydroxylation is 1.